The number of aromatic amines is 1. The first kappa shape index (κ1) is 26.5. The zero-order valence-electron chi connectivity index (χ0n) is 23.7. The van der Waals surface area contributed by atoms with Gasteiger partial charge in [-0.1, -0.05) is 99.3 Å². The molecule has 6 rings (SSSR count). The van der Waals surface area contributed by atoms with Crippen molar-refractivity contribution < 1.29 is 0 Å². The fourth-order valence-corrected chi connectivity index (χ4v) is 6.32. The van der Waals surface area contributed by atoms with Gasteiger partial charge >= 0.3 is 0 Å². The van der Waals surface area contributed by atoms with Crippen molar-refractivity contribution in [1.82, 2.24) is 24.6 Å². The second-order valence-electron chi connectivity index (χ2n) is 11.4. The number of nitrogens with one attached hydrogen (secondary N) is 1. The van der Waals surface area contributed by atoms with Crippen molar-refractivity contribution in [3.8, 4) is 22.6 Å². The normalized spacial score (nSPS) is 14.3. The van der Waals surface area contributed by atoms with Crippen LogP contribution in [0.5, 0.6) is 0 Å². The Labute approximate surface area is 238 Å². The molecule has 0 unspecified atom stereocenters. The minimum atomic E-state index is 0.757. The van der Waals surface area contributed by atoms with E-state index in [1.54, 1.807) is 0 Å². The van der Waals surface area contributed by atoms with E-state index in [0.717, 1.165) is 62.0 Å². The molecule has 206 valence electrons. The summed E-state index contributed by atoms with van der Waals surface area (Å²) < 4.78 is 2.52. The lowest BCUT2D eigenvalue weighted by molar-refractivity contribution is 0.183. The third-order valence-electron chi connectivity index (χ3n) is 8.41. The molecule has 3 aromatic carbocycles. The Hall–Kier alpha value is -3.70. The number of rotatable bonds is 11. The summed E-state index contributed by atoms with van der Waals surface area (Å²) in [6, 6.07) is 28.2. The van der Waals surface area contributed by atoms with Crippen molar-refractivity contribution in [3.05, 3.63) is 96.3 Å². The van der Waals surface area contributed by atoms with Gasteiger partial charge in [-0.3, -0.25) is 10.00 Å². The van der Waals surface area contributed by atoms with Gasteiger partial charge in [0.05, 0.1) is 23.1 Å². The summed E-state index contributed by atoms with van der Waals surface area (Å²) in [6.07, 6.45) is 11.0. The molecular formula is C35H41N5. The number of unbranched alkanes of at least 4 members (excludes halogenated alkanes) is 1. The van der Waals surface area contributed by atoms with E-state index in [1.165, 1.54) is 59.9 Å². The summed E-state index contributed by atoms with van der Waals surface area (Å²) in [7, 11) is 0. The summed E-state index contributed by atoms with van der Waals surface area (Å²) in [5.74, 6) is 1.84. The summed E-state index contributed by atoms with van der Waals surface area (Å²) in [6.45, 7) is 6.18. The van der Waals surface area contributed by atoms with Crippen molar-refractivity contribution in [2.45, 2.75) is 71.5 Å². The van der Waals surface area contributed by atoms with Gasteiger partial charge in [0.25, 0.3) is 0 Å². The second-order valence-corrected chi connectivity index (χ2v) is 11.4. The van der Waals surface area contributed by atoms with Crippen LogP contribution in [0.2, 0.25) is 0 Å². The van der Waals surface area contributed by atoms with Gasteiger partial charge in [0, 0.05) is 42.7 Å². The average Bonchev–Trinajstić information content (AvgIpc) is 3.62. The monoisotopic (exact) mass is 531 g/mol. The van der Waals surface area contributed by atoms with E-state index in [1.807, 2.05) is 6.20 Å². The molecule has 0 aliphatic heterocycles. The van der Waals surface area contributed by atoms with Gasteiger partial charge in [-0.05, 0) is 42.9 Å². The fourth-order valence-electron chi connectivity index (χ4n) is 6.32. The van der Waals surface area contributed by atoms with Crippen molar-refractivity contribution in [2.24, 2.45) is 5.92 Å². The number of aromatic nitrogens is 4. The largest absolute Gasteiger partial charge is 0.326 e. The van der Waals surface area contributed by atoms with E-state index >= 15 is 0 Å². The van der Waals surface area contributed by atoms with Gasteiger partial charge in [-0.15, -0.1) is 0 Å². The first-order chi connectivity index (χ1) is 19.8. The van der Waals surface area contributed by atoms with E-state index < -0.39 is 0 Å². The average molecular weight is 532 g/mol. The van der Waals surface area contributed by atoms with Crippen LogP contribution >= 0.6 is 0 Å². The maximum atomic E-state index is 5.37. The molecule has 0 amide bonds. The van der Waals surface area contributed by atoms with Gasteiger partial charge in [0.2, 0.25) is 0 Å². The molecule has 2 aromatic heterocycles. The smallest absolute Gasteiger partial charge is 0.140 e. The Bertz CT molecular complexity index is 1500. The molecule has 0 atom stereocenters. The van der Waals surface area contributed by atoms with Gasteiger partial charge in [-0.2, -0.15) is 5.10 Å². The lowest BCUT2D eigenvalue weighted by Gasteiger charge is -2.30. The first-order valence-corrected chi connectivity index (χ1v) is 15.1. The Balaban J connectivity index is 1.41. The highest BCUT2D eigenvalue weighted by Gasteiger charge is 2.24. The maximum absolute atomic E-state index is 5.37. The highest BCUT2D eigenvalue weighted by Crippen LogP contribution is 2.33. The van der Waals surface area contributed by atoms with Crippen LogP contribution in [0.25, 0.3) is 33.5 Å². The van der Waals surface area contributed by atoms with E-state index in [2.05, 4.69) is 105 Å². The highest BCUT2D eigenvalue weighted by molar-refractivity contribution is 5.78. The Morgan fingerprint density at radius 3 is 2.38 bits per heavy atom. The third kappa shape index (κ3) is 6.05. The van der Waals surface area contributed by atoms with E-state index in [0.29, 0.717) is 0 Å². The summed E-state index contributed by atoms with van der Waals surface area (Å²) in [5.41, 5.74) is 7.27. The van der Waals surface area contributed by atoms with Crippen LogP contribution < -0.4 is 0 Å². The van der Waals surface area contributed by atoms with Crippen LogP contribution in [0, 0.1) is 5.92 Å². The topological polar surface area (TPSA) is 49.7 Å². The van der Waals surface area contributed by atoms with Crippen molar-refractivity contribution >= 4 is 10.9 Å². The maximum Gasteiger partial charge on any atom is 0.140 e. The zero-order valence-corrected chi connectivity index (χ0v) is 23.7. The molecule has 1 saturated carbocycles. The Kier molecular flexibility index (Phi) is 8.39. The molecule has 1 aliphatic rings. The van der Waals surface area contributed by atoms with E-state index in [-0.39, 0.29) is 0 Å². The number of fused-ring (bicyclic) bond motifs is 1. The van der Waals surface area contributed by atoms with Gasteiger partial charge < -0.3 is 4.57 Å². The Morgan fingerprint density at radius 1 is 0.875 bits per heavy atom. The number of hydrogen-bond donors (Lipinski definition) is 1. The predicted molar refractivity (Wildman–Crippen MR) is 165 cm³/mol. The molecule has 1 N–H and O–H groups in total. The Morgan fingerprint density at radius 2 is 1.62 bits per heavy atom. The molecular weight excluding hydrogens is 490 g/mol. The number of benzene rings is 3. The highest BCUT2D eigenvalue weighted by atomic mass is 15.2. The summed E-state index contributed by atoms with van der Waals surface area (Å²) in [5, 5.41) is 8.53. The molecule has 5 nitrogen and oxygen atoms in total. The SMILES string of the molecule is CCCCn1c(-c2ccccc2)nc(-c2ccccc2)c1CN(Cc1ccc2[nH]ncc2c1)CC1CCCCC1. The predicted octanol–water partition coefficient (Wildman–Crippen LogP) is 8.48. The molecule has 40 heavy (non-hydrogen) atoms. The molecule has 0 spiro atoms. The van der Waals surface area contributed by atoms with Crippen LogP contribution in [0.15, 0.2) is 85.1 Å². The molecule has 0 bridgehead atoms. The quantitative estimate of drug-likeness (QED) is 0.186. The lowest BCUT2D eigenvalue weighted by Crippen LogP contribution is -2.31. The minimum Gasteiger partial charge on any atom is -0.326 e. The van der Waals surface area contributed by atoms with Crippen molar-refractivity contribution in [1.29, 1.82) is 0 Å². The molecule has 2 heterocycles. The molecule has 0 radical (unpaired) electrons. The van der Waals surface area contributed by atoms with Crippen molar-refractivity contribution in [2.75, 3.05) is 6.54 Å². The van der Waals surface area contributed by atoms with Crippen LogP contribution in [-0.2, 0) is 19.6 Å². The molecule has 1 fully saturated rings. The first-order valence-electron chi connectivity index (χ1n) is 15.1. The third-order valence-corrected chi connectivity index (χ3v) is 8.41. The van der Waals surface area contributed by atoms with Gasteiger partial charge in [0.1, 0.15) is 5.82 Å². The van der Waals surface area contributed by atoms with E-state index in [9.17, 15) is 0 Å². The van der Waals surface area contributed by atoms with Crippen LogP contribution in [-0.4, -0.2) is 31.2 Å². The van der Waals surface area contributed by atoms with E-state index in [4.69, 9.17) is 4.98 Å². The molecule has 0 saturated heterocycles. The standard InChI is InChI=1S/C35H41N5/c1-2-3-21-40-33(34(29-15-9-5-10-16-29)37-35(40)30-17-11-6-12-18-30)26-39(24-27-13-7-4-8-14-27)25-28-19-20-32-31(22-28)23-36-38-32/h5-6,9-12,15-20,22-23,27H,2-4,7-8,13-14,21,24-26H2,1H3,(H,36,38). The molecule has 5 aromatic rings. The van der Waals surface area contributed by atoms with Crippen LogP contribution in [0.3, 0.4) is 0 Å². The van der Waals surface area contributed by atoms with Gasteiger partial charge in [-0.25, -0.2) is 4.98 Å². The minimum absolute atomic E-state index is 0.757. The number of nitrogens with zero attached hydrogens (tertiary/aromatic N) is 4. The molecule has 1 aliphatic carbocycles. The number of H-pyrrole nitrogens is 1. The van der Waals surface area contributed by atoms with Crippen molar-refractivity contribution in [3.63, 3.8) is 0 Å². The summed E-state index contributed by atoms with van der Waals surface area (Å²) >= 11 is 0. The number of imidazole rings is 1. The number of hydrogen-bond acceptors (Lipinski definition) is 3. The molecule has 5 heteroatoms. The van der Waals surface area contributed by atoms with Crippen LogP contribution in [0.1, 0.15) is 63.1 Å². The van der Waals surface area contributed by atoms with Gasteiger partial charge in [0.15, 0.2) is 0 Å². The van der Waals surface area contributed by atoms with Crippen LogP contribution in [0.4, 0.5) is 0 Å². The fraction of sp³-hybridized carbons (Fsp3) is 0.371. The summed E-state index contributed by atoms with van der Waals surface area (Å²) in [4.78, 5) is 8.06. The lowest BCUT2D eigenvalue weighted by atomic mass is 9.88. The second kappa shape index (κ2) is 12.6. The zero-order chi connectivity index (χ0) is 27.1.